The van der Waals surface area contributed by atoms with E-state index in [4.69, 9.17) is 4.74 Å². The zero-order chi connectivity index (χ0) is 15.8. The molecule has 0 aliphatic heterocycles. The molecule has 0 radical (unpaired) electrons. The topological polar surface area (TPSA) is 43.6 Å². The van der Waals surface area contributed by atoms with Crippen molar-refractivity contribution in [1.82, 2.24) is 9.38 Å². The highest BCUT2D eigenvalue weighted by atomic mass is 32.1. The number of aryl methyl sites for hydroxylation is 3. The summed E-state index contributed by atoms with van der Waals surface area (Å²) in [5, 5.41) is 0. The molecule has 4 nitrogen and oxygen atoms in total. The zero-order valence-electron chi connectivity index (χ0n) is 13.0. The van der Waals surface area contributed by atoms with Crippen molar-refractivity contribution in [1.29, 1.82) is 0 Å². The Balaban J connectivity index is 1.65. The van der Waals surface area contributed by atoms with E-state index in [1.807, 2.05) is 31.2 Å². The van der Waals surface area contributed by atoms with Gasteiger partial charge in [0.2, 0.25) is 0 Å². The van der Waals surface area contributed by atoms with Crippen LogP contribution in [-0.2, 0) is 19.4 Å². The van der Waals surface area contributed by atoms with Gasteiger partial charge in [-0.3, -0.25) is 9.20 Å². The van der Waals surface area contributed by atoms with E-state index in [1.54, 1.807) is 21.8 Å². The summed E-state index contributed by atoms with van der Waals surface area (Å²) in [6, 6.07) is 9.49. The second kappa shape index (κ2) is 5.81. The van der Waals surface area contributed by atoms with Gasteiger partial charge in [-0.2, -0.15) is 0 Å². The first-order chi connectivity index (χ1) is 11.2. The Morgan fingerprint density at radius 1 is 1.26 bits per heavy atom. The van der Waals surface area contributed by atoms with Gasteiger partial charge in [0.15, 0.2) is 4.96 Å². The molecule has 0 saturated carbocycles. The molecule has 118 valence electrons. The Morgan fingerprint density at radius 3 is 3.00 bits per heavy atom. The first-order valence-electron chi connectivity index (χ1n) is 7.93. The van der Waals surface area contributed by atoms with Crippen LogP contribution in [0.15, 0.2) is 35.1 Å². The van der Waals surface area contributed by atoms with E-state index in [-0.39, 0.29) is 5.56 Å². The minimum Gasteiger partial charge on any atom is -0.487 e. The molecule has 0 N–H and O–H groups in total. The normalized spacial score (nSPS) is 14.0. The van der Waals surface area contributed by atoms with Crippen molar-refractivity contribution < 1.29 is 4.74 Å². The number of rotatable bonds is 3. The van der Waals surface area contributed by atoms with Crippen LogP contribution in [-0.4, -0.2) is 9.38 Å². The average molecular weight is 326 g/mol. The van der Waals surface area contributed by atoms with Gasteiger partial charge < -0.3 is 4.74 Å². The zero-order valence-corrected chi connectivity index (χ0v) is 13.9. The Labute approximate surface area is 138 Å². The standard InChI is InChI=1S/C18H18N2O2S/c1-12-5-4-6-14(9-12)22-11-13-10-17(21)20-15-7-2-3-8-16(15)23-18(20)19-13/h4-6,9-10H,2-3,7-8,11H2,1H3. The fourth-order valence-corrected chi connectivity index (χ4v) is 4.31. The number of nitrogens with zero attached hydrogens (tertiary/aromatic N) is 2. The Bertz CT molecular complexity index is 926. The third kappa shape index (κ3) is 2.77. The van der Waals surface area contributed by atoms with Crippen molar-refractivity contribution in [3.8, 4) is 5.75 Å². The van der Waals surface area contributed by atoms with Crippen molar-refractivity contribution in [2.24, 2.45) is 0 Å². The van der Waals surface area contributed by atoms with Crippen LogP contribution in [0.5, 0.6) is 5.75 Å². The van der Waals surface area contributed by atoms with Gasteiger partial charge in [-0.15, -0.1) is 11.3 Å². The molecule has 0 spiro atoms. The lowest BCUT2D eigenvalue weighted by Gasteiger charge is -2.10. The molecule has 2 aromatic heterocycles. The second-order valence-corrected chi connectivity index (χ2v) is 7.05. The van der Waals surface area contributed by atoms with E-state index in [2.05, 4.69) is 4.98 Å². The summed E-state index contributed by atoms with van der Waals surface area (Å²) in [6.45, 7) is 2.34. The Kier molecular flexibility index (Phi) is 3.65. The van der Waals surface area contributed by atoms with Gasteiger partial charge in [0.05, 0.1) is 5.69 Å². The summed E-state index contributed by atoms with van der Waals surface area (Å²) in [5.74, 6) is 0.803. The monoisotopic (exact) mass is 326 g/mol. The highest BCUT2D eigenvalue weighted by Gasteiger charge is 2.18. The van der Waals surface area contributed by atoms with E-state index in [1.165, 1.54) is 17.0 Å². The maximum Gasteiger partial charge on any atom is 0.259 e. The van der Waals surface area contributed by atoms with E-state index < -0.39 is 0 Å². The van der Waals surface area contributed by atoms with Crippen LogP contribution in [0.3, 0.4) is 0 Å². The smallest absolute Gasteiger partial charge is 0.259 e. The number of thiazole rings is 1. The molecule has 0 unspecified atom stereocenters. The molecule has 1 aromatic carbocycles. The minimum absolute atomic E-state index is 0.0113. The van der Waals surface area contributed by atoms with Gasteiger partial charge in [0.1, 0.15) is 12.4 Å². The van der Waals surface area contributed by atoms with Crippen LogP contribution in [0.1, 0.15) is 34.7 Å². The predicted molar refractivity (Wildman–Crippen MR) is 91.5 cm³/mol. The van der Waals surface area contributed by atoms with Crippen LogP contribution in [0, 0.1) is 6.92 Å². The summed E-state index contributed by atoms with van der Waals surface area (Å²) < 4.78 is 7.56. The molecule has 1 aliphatic rings. The van der Waals surface area contributed by atoms with Crippen LogP contribution < -0.4 is 10.3 Å². The number of hydrogen-bond donors (Lipinski definition) is 0. The number of aromatic nitrogens is 2. The molecule has 0 atom stereocenters. The molecular weight excluding hydrogens is 308 g/mol. The molecule has 3 aromatic rings. The lowest BCUT2D eigenvalue weighted by molar-refractivity contribution is 0.301. The summed E-state index contributed by atoms with van der Waals surface area (Å²) in [6.07, 6.45) is 4.41. The maximum atomic E-state index is 12.5. The molecule has 0 fully saturated rings. The van der Waals surface area contributed by atoms with Gasteiger partial charge in [-0.1, -0.05) is 12.1 Å². The van der Waals surface area contributed by atoms with E-state index in [9.17, 15) is 4.79 Å². The van der Waals surface area contributed by atoms with Crippen molar-refractivity contribution in [2.75, 3.05) is 0 Å². The molecule has 4 rings (SSSR count). The SMILES string of the molecule is Cc1cccc(OCc2cc(=O)n3c4c(sc3n2)CCCC4)c1. The largest absolute Gasteiger partial charge is 0.487 e. The quantitative estimate of drug-likeness (QED) is 0.739. The summed E-state index contributed by atoms with van der Waals surface area (Å²) >= 11 is 1.65. The summed E-state index contributed by atoms with van der Waals surface area (Å²) in [7, 11) is 0. The first kappa shape index (κ1) is 14.5. The van der Waals surface area contributed by atoms with E-state index in [0.29, 0.717) is 12.3 Å². The fourth-order valence-electron chi connectivity index (χ4n) is 3.08. The fraction of sp³-hybridized carbons (Fsp3) is 0.333. The summed E-state index contributed by atoms with van der Waals surface area (Å²) in [5.41, 5.74) is 3.02. The number of benzene rings is 1. The molecule has 1 aliphatic carbocycles. The predicted octanol–water partition coefficient (Wildman–Crippen LogP) is 3.52. The summed E-state index contributed by atoms with van der Waals surface area (Å²) in [4.78, 5) is 19.2. The third-order valence-electron chi connectivity index (χ3n) is 4.19. The number of fused-ring (bicyclic) bond motifs is 3. The number of hydrogen-bond acceptors (Lipinski definition) is 4. The maximum absolute atomic E-state index is 12.5. The van der Waals surface area contributed by atoms with E-state index in [0.717, 1.165) is 35.5 Å². The minimum atomic E-state index is 0.0113. The number of ether oxygens (including phenoxy) is 1. The lowest BCUT2D eigenvalue weighted by atomic mass is 10.0. The van der Waals surface area contributed by atoms with Crippen molar-refractivity contribution in [3.63, 3.8) is 0 Å². The van der Waals surface area contributed by atoms with Crippen LogP contribution in [0.25, 0.3) is 4.96 Å². The van der Waals surface area contributed by atoms with Crippen LogP contribution in [0.2, 0.25) is 0 Å². The second-order valence-electron chi connectivity index (χ2n) is 5.99. The van der Waals surface area contributed by atoms with Crippen molar-refractivity contribution in [3.05, 3.63) is 62.5 Å². The highest BCUT2D eigenvalue weighted by molar-refractivity contribution is 7.17. The molecule has 0 bridgehead atoms. The van der Waals surface area contributed by atoms with Gasteiger partial charge in [-0.25, -0.2) is 4.98 Å². The van der Waals surface area contributed by atoms with Crippen molar-refractivity contribution in [2.45, 2.75) is 39.2 Å². The average Bonchev–Trinajstić information content (AvgIpc) is 2.92. The third-order valence-corrected chi connectivity index (χ3v) is 5.33. The van der Waals surface area contributed by atoms with Crippen LogP contribution >= 0.6 is 11.3 Å². The Morgan fingerprint density at radius 2 is 2.13 bits per heavy atom. The molecule has 5 heteroatoms. The molecule has 2 heterocycles. The van der Waals surface area contributed by atoms with Crippen LogP contribution in [0.4, 0.5) is 0 Å². The first-order valence-corrected chi connectivity index (χ1v) is 8.75. The van der Waals surface area contributed by atoms with Gasteiger partial charge in [-0.05, 0) is 50.3 Å². The van der Waals surface area contributed by atoms with Crippen molar-refractivity contribution >= 4 is 16.3 Å². The Hall–Kier alpha value is -2.14. The molecule has 0 amide bonds. The van der Waals surface area contributed by atoms with Gasteiger partial charge in [0.25, 0.3) is 5.56 Å². The molecular formula is C18H18N2O2S. The molecule has 0 saturated heterocycles. The lowest BCUT2D eigenvalue weighted by Crippen LogP contribution is -2.18. The van der Waals surface area contributed by atoms with Gasteiger partial charge >= 0.3 is 0 Å². The van der Waals surface area contributed by atoms with E-state index >= 15 is 0 Å². The highest BCUT2D eigenvalue weighted by Crippen LogP contribution is 2.28. The molecule has 23 heavy (non-hydrogen) atoms. The van der Waals surface area contributed by atoms with Gasteiger partial charge in [0, 0.05) is 16.6 Å².